The molecule has 1 aliphatic rings. The molecule has 0 amide bonds. The number of hydrogen-bond acceptors (Lipinski definition) is 0. The number of nitrogens with zero attached hydrogens (tertiary/aromatic N) is 2. The summed E-state index contributed by atoms with van der Waals surface area (Å²) in [6.45, 7) is 9.04. The summed E-state index contributed by atoms with van der Waals surface area (Å²) in [7, 11) is 0. The van der Waals surface area contributed by atoms with Crippen LogP contribution in [0.4, 0.5) is 0 Å². The number of allylic oxidation sites excluding steroid dienone is 2. The van der Waals surface area contributed by atoms with Gasteiger partial charge in [0, 0.05) is 22.3 Å². The lowest BCUT2D eigenvalue weighted by atomic mass is 9.91. The van der Waals surface area contributed by atoms with Crippen LogP contribution in [-0.2, 0) is 12.8 Å². The molecule has 0 unspecified atom stereocenters. The Hall–Kier alpha value is -2.48. The van der Waals surface area contributed by atoms with E-state index in [9.17, 15) is 5.53 Å². The van der Waals surface area contributed by atoms with E-state index in [0.29, 0.717) is 0 Å². The average molecular weight is 499 g/mol. The molecule has 0 radical (unpaired) electrons. The molecule has 0 fully saturated rings. The Labute approximate surface area is 227 Å². The fourth-order valence-electron chi connectivity index (χ4n) is 5.53. The summed E-state index contributed by atoms with van der Waals surface area (Å²) in [6, 6.07) is 17.9. The van der Waals surface area contributed by atoms with Crippen LogP contribution in [-0.4, -0.2) is 4.70 Å². The largest absolute Gasteiger partial charge is 0.493 e. The SMILES string of the molecule is CCCCCCc1cccc(C2=C(CCCC)C(CCCC)=C(c3ccc(CCCCC)cc3)[N+]2=[N-])c1. The molecule has 1 aliphatic heterocycles. The van der Waals surface area contributed by atoms with Crippen molar-refractivity contribution >= 4 is 11.4 Å². The number of aryl methyl sites for hydroxylation is 2. The van der Waals surface area contributed by atoms with Crippen LogP contribution >= 0.6 is 0 Å². The van der Waals surface area contributed by atoms with Crippen LogP contribution in [0.5, 0.6) is 0 Å². The molecule has 2 nitrogen and oxygen atoms in total. The van der Waals surface area contributed by atoms with Crippen LogP contribution in [0.15, 0.2) is 59.7 Å². The Balaban J connectivity index is 1.97. The molecule has 2 aromatic rings. The Bertz CT molecular complexity index is 1050. The predicted octanol–water partition coefficient (Wildman–Crippen LogP) is 11.1. The van der Waals surface area contributed by atoms with E-state index in [1.807, 2.05) is 0 Å². The molecular weight excluding hydrogens is 448 g/mol. The average Bonchev–Trinajstić information content (AvgIpc) is 3.20. The van der Waals surface area contributed by atoms with Crippen molar-refractivity contribution < 1.29 is 4.70 Å². The summed E-state index contributed by atoms with van der Waals surface area (Å²) in [5.74, 6) is 0. The van der Waals surface area contributed by atoms with Crippen molar-refractivity contribution in [3.05, 3.63) is 87.5 Å². The molecule has 0 bridgehead atoms. The third-order valence-electron chi connectivity index (χ3n) is 7.74. The zero-order valence-corrected chi connectivity index (χ0v) is 24.1. The van der Waals surface area contributed by atoms with Gasteiger partial charge in [0.2, 0.25) is 11.4 Å². The second kappa shape index (κ2) is 15.7. The van der Waals surface area contributed by atoms with Gasteiger partial charge in [-0.05, 0) is 86.8 Å². The molecule has 0 saturated carbocycles. The summed E-state index contributed by atoms with van der Waals surface area (Å²) < 4.78 is 1.54. The highest BCUT2D eigenvalue weighted by Gasteiger charge is 2.35. The minimum absolute atomic E-state index is 1.00. The van der Waals surface area contributed by atoms with Gasteiger partial charge in [-0.3, -0.25) is 0 Å². The van der Waals surface area contributed by atoms with Crippen LogP contribution in [0.1, 0.15) is 133 Å². The predicted molar refractivity (Wildman–Crippen MR) is 160 cm³/mol. The van der Waals surface area contributed by atoms with E-state index in [0.717, 1.165) is 73.9 Å². The minimum atomic E-state index is 1.00. The van der Waals surface area contributed by atoms with E-state index < -0.39 is 0 Å². The first-order valence-electron chi connectivity index (χ1n) is 15.3. The molecular formula is C35H50N2. The van der Waals surface area contributed by atoms with E-state index in [4.69, 9.17) is 0 Å². The minimum Gasteiger partial charge on any atom is -0.493 e. The van der Waals surface area contributed by atoms with Gasteiger partial charge in [-0.15, -0.1) is 0 Å². The van der Waals surface area contributed by atoms with E-state index in [-0.39, 0.29) is 0 Å². The molecule has 0 saturated heterocycles. The lowest BCUT2D eigenvalue weighted by Crippen LogP contribution is -2.03. The molecule has 1 heterocycles. The maximum absolute atomic E-state index is 11.8. The standard InChI is InChI=1S/C35H50N2/c1-5-9-13-15-18-29-19-16-20-31(27-29)35-33(22-12-8-4)32(21-11-7-3)34(37(35)36)30-25-23-28(24-26-30)17-14-10-6-2/h16,19-20,23-27H,5-15,17-18,21-22H2,1-4H3. The molecule has 0 atom stereocenters. The second-order valence-corrected chi connectivity index (χ2v) is 10.8. The Morgan fingerprint density at radius 1 is 0.514 bits per heavy atom. The van der Waals surface area contributed by atoms with E-state index in [1.54, 1.807) is 0 Å². The van der Waals surface area contributed by atoms with Crippen LogP contribution in [0.2, 0.25) is 0 Å². The Morgan fingerprint density at radius 2 is 1.05 bits per heavy atom. The maximum Gasteiger partial charge on any atom is 0.211 e. The van der Waals surface area contributed by atoms with Crippen molar-refractivity contribution in [2.45, 2.75) is 124 Å². The lowest BCUT2D eigenvalue weighted by Gasteiger charge is -2.11. The van der Waals surface area contributed by atoms with Crippen molar-refractivity contribution in [2.24, 2.45) is 0 Å². The van der Waals surface area contributed by atoms with Crippen molar-refractivity contribution in [1.29, 1.82) is 0 Å². The van der Waals surface area contributed by atoms with Gasteiger partial charge in [0.25, 0.3) is 0 Å². The molecule has 0 aromatic heterocycles. The third-order valence-corrected chi connectivity index (χ3v) is 7.74. The third kappa shape index (κ3) is 8.00. The van der Waals surface area contributed by atoms with Crippen LogP contribution in [0.3, 0.4) is 0 Å². The zero-order chi connectivity index (χ0) is 26.5. The first-order valence-corrected chi connectivity index (χ1v) is 15.3. The van der Waals surface area contributed by atoms with Crippen molar-refractivity contribution in [1.82, 2.24) is 0 Å². The van der Waals surface area contributed by atoms with Gasteiger partial charge in [0.15, 0.2) is 0 Å². The number of hydrogen-bond donors (Lipinski definition) is 0. The highest BCUT2D eigenvalue weighted by Crippen LogP contribution is 2.44. The van der Waals surface area contributed by atoms with Gasteiger partial charge in [-0.1, -0.05) is 96.9 Å². The molecule has 200 valence electrons. The maximum atomic E-state index is 11.8. The lowest BCUT2D eigenvalue weighted by molar-refractivity contribution is -0.345. The van der Waals surface area contributed by atoms with Gasteiger partial charge < -0.3 is 5.53 Å². The summed E-state index contributed by atoms with van der Waals surface area (Å²) >= 11 is 0. The van der Waals surface area contributed by atoms with E-state index >= 15 is 0 Å². The van der Waals surface area contributed by atoms with Crippen molar-refractivity contribution in [2.75, 3.05) is 0 Å². The van der Waals surface area contributed by atoms with Gasteiger partial charge in [0.1, 0.15) is 0 Å². The monoisotopic (exact) mass is 498 g/mol. The number of unbranched alkanes of at least 4 members (excludes halogenated alkanes) is 7. The molecule has 37 heavy (non-hydrogen) atoms. The summed E-state index contributed by atoms with van der Waals surface area (Å²) in [4.78, 5) is 0. The number of benzene rings is 2. The van der Waals surface area contributed by atoms with Gasteiger partial charge in [-0.2, -0.15) is 0 Å². The normalized spacial score (nSPS) is 13.8. The van der Waals surface area contributed by atoms with Crippen LogP contribution in [0.25, 0.3) is 16.9 Å². The van der Waals surface area contributed by atoms with Gasteiger partial charge in [0.05, 0.1) is 0 Å². The second-order valence-electron chi connectivity index (χ2n) is 10.8. The highest BCUT2D eigenvalue weighted by atomic mass is 15.2. The topological polar surface area (TPSA) is 25.3 Å². The van der Waals surface area contributed by atoms with Crippen molar-refractivity contribution in [3.8, 4) is 0 Å². The summed E-state index contributed by atoms with van der Waals surface area (Å²) in [5.41, 5.74) is 21.6. The first kappa shape index (κ1) is 29.1. The molecule has 2 heteroatoms. The Morgan fingerprint density at radius 3 is 1.68 bits per heavy atom. The van der Waals surface area contributed by atoms with E-state index in [1.165, 1.54) is 71.9 Å². The quantitative estimate of drug-likeness (QED) is 0.153. The molecule has 0 N–H and O–H groups in total. The Kier molecular flexibility index (Phi) is 12.3. The first-order chi connectivity index (χ1) is 18.1. The fraction of sp³-hybridized carbons (Fsp3) is 0.543. The van der Waals surface area contributed by atoms with E-state index in [2.05, 4.69) is 76.2 Å². The van der Waals surface area contributed by atoms with Gasteiger partial charge in [-0.25, -0.2) is 4.70 Å². The molecule has 0 spiro atoms. The number of rotatable bonds is 17. The van der Waals surface area contributed by atoms with Crippen LogP contribution < -0.4 is 0 Å². The molecule has 3 rings (SSSR count). The zero-order valence-electron chi connectivity index (χ0n) is 24.1. The molecule has 0 aliphatic carbocycles. The summed E-state index contributed by atoms with van der Waals surface area (Å²) in [6.07, 6.45) is 17.7. The fourth-order valence-corrected chi connectivity index (χ4v) is 5.53. The van der Waals surface area contributed by atoms with Gasteiger partial charge >= 0.3 is 0 Å². The highest BCUT2D eigenvalue weighted by molar-refractivity contribution is 5.82. The molecule has 2 aromatic carbocycles. The summed E-state index contributed by atoms with van der Waals surface area (Å²) in [5, 5.41) is 0. The van der Waals surface area contributed by atoms with Crippen molar-refractivity contribution in [3.63, 3.8) is 0 Å². The van der Waals surface area contributed by atoms with Crippen LogP contribution in [0, 0.1) is 0 Å². The smallest absolute Gasteiger partial charge is 0.211 e.